The van der Waals surface area contributed by atoms with Gasteiger partial charge in [0.1, 0.15) is 17.3 Å². The number of anilines is 1. The molecule has 9 heteroatoms. The van der Waals surface area contributed by atoms with Gasteiger partial charge in [-0.15, -0.1) is 0 Å². The van der Waals surface area contributed by atoms with Gasteiger partial charge in [-0.2, -0.15) is 0 Å². The lowest BCUT2D eigenvalue weighted by atomic mass is 9.96. The lowest BCUT2D eigenvalue weighted by Crippen LogP contribution is -2.29. The summed E-state index contributed by atoms with van der Waals surface area (Å²) in [5.41, 5.74) is 1.37. The van der Waals surface area contributed by atoms with Crippen LogP contribution in [0, 0.1) is 5.82 Å². The largest absolute Gasteiger partial charge is 0.507 e. The second-order valence-corrected chi connectivity index (χ2v) is 8.30. The number of rotatable bonds is 4. The molecule has 1 aliphatic heterocycles. The maximum absolute atomic E-state index is 13.7. The van der Waals surface area contributed by atoms with E-state index in [0.717, 1.165) is 11.3 Å². The molecule has 0 saturated carbocycles. The number of aliphatic hydroxyl groups excluding tert-OH is 1. The highest BCUT2D eigenvalue weighted by Crippen LogP contribution is 2.44. The molecule has 4 aromatic rings. The summed E-state index contributed by atoms with van der Waals surface area (Å²) in [6.07, 6.45) is 3.08. The molecule has 1 amide bonds. The van der Waals surface area contributed by atoms with Gasteiger partial charge in [0.2, 0.25) is 0 Å². The number of Topliss-reactive ketones (excluding diaryl/α,β-unsaturated/α-hetero) is 1. The average Bonchev–Trinajstić information content (AvgIpc) is 3.37. The van der Waals surface area contributed by atoms with Crippen molar-refractivity contribution < 1.29 is 23.8 Å². The lowest BCUT2D eigenvalue weighted by Gasteiger charge is -2.22. The van der Waals surface area contributed by atoms with Crippen LogP contribution in [0.15, 0.2) is 72.6 Å². The first-order chi connectivity index (χ1) is 16.0. The van der Waals surface area contributed by atoms with E-state index in [2.05, 4.69) is 9.97 Å². The Balaban J connectivity index is 1.70. The van der Waals surface area contributed by atoms with Crippen molar-refractivity contribution in [1.82, 2.24) is 9.97 Å². The number of amides is 1. The van der Waals surface area contributed by atoms with E-state index < -0.39 is 23.5 Å². The van der Waals surface area contributed by atoms with E-state index in [9.17, 15) is 19.1 Å². The molecule has 5 rings (SSSR count). The van der Waals surface area contributed by atoms with Crippen LogP contribution in [0.25, 0.3) is 16.0 Å². The fourth-order valence-electron chi connectivity index (χ4n) is 3.78. The van der Waals surface area contributed by atoms with Crippen molar-refractivity contribution in [3.05, 3.63) is 89.5 Å². The van der Waals surface area contributed by atoms with E-state index in [-0.39, 0.29) is 16.5 Å². The topological polar surface area (TPSA) is 92.6 Å². The van der Waals surface area contributed by atoms with Crippen molar-refractivity contribution in [3.8, 4) is 5.75 Å². The SMILES string of the molecule is COc1ccc(C(O)=C2C(=O)C(=O)N(c3nc4ccc(F)cc4s3)C2c2ccncc2)cc1. The van der Waals surface area contributed by atoms with E-state index >= 15 is 0 Å². The molecule has 2 aromatic carbocycles. The van der Waals surface area contributed by atoms with Crippen LogP contribution in [0.3, 0.4) is 0 Å². The van der Waals surface area contributed by atoms with Gasteiger partial charge < -0.3 is 9.84 Å². The minimum absolute atomic E-state index is 0.0678. The summed E-state index contributed by atoms with van der Waals surface area (Å²) in [4.78, 5) is 36.0. The van der Waals surface area contributed by atoms with Crippen LogP contribution in [0.5, 0.6) is 5.75 Å². The van der Waals surface area contributed by atoms with Gasteiger partial charge in [0, 0.05) is 18.0 Å². The number of ether oxygens (including phenoxy) is 1. The van der Waals surface area contributed by atoms with Crippen LogP contribution in [0.4, 0.5) is 9.52 Å². The predicted octanol–water partition coefficient (Wildman–Crippen LogP) is 4.47. The number of nitrogens with zero attached hydrogens (tertiary/aromatic N) is 3. The van der Waals surface area contributed by atoms with Gasteiger partial charge in [0.05, 0.1) is 28.9 Å². The van der Waals surface area contributed by atoms with E-state index in [1.54, 1.807) is 36.4 Å². The highest BCUT2D eigenvalue weighted by molar-refractivity contribution is 7.22. The normalized spacial score (nSPS) is 17.6. The first kappa shape index (κ1) is 20.8. The van der Waals surface area contributed by atoms with E-state index in [1.807, 2.05) is 0 Å². The van der Waals surface area contributed by atoms with Crippen LogP contribution in [-0.2, 0) is 9.59 Å². The standard InChI is InChI=1S/C24H16FN3O4S/c1-32-16-5-2-14(3-6-16)21(29)19-20(13-8-10-26-11-9-13)28(23(31)22(19)30)24-27-17-7-4-15(25)12-18(17)33-24/h2-12,20,29H,1H3. The number of carbonyl (C=O) groups excluding carboxylic acids is 2. The summed E-state index contributed by atoms with van der Waals surface area (Å²) in [7, 11) is 1.52. The molecule has 33 heavy (non-hydrogen) atoms. The van der Waals surface area contributed by atoms with Gasteiger partial charge in [0.25, 0.3) is 5.78 Å². The van der Waals surface area contributed by atoms with Crippen LogP contribution in [-0.4, -0.2) is 33.9 Å². The summed E-state index contributed by atoms with van der Waals surface area (Å²) in [6, 6.07) is 13.0. The number of pyridine rings is 1. The maximum Gasteiger partial charge on any atom is 0.301 e. The Morgan fingerprint density at radius 3 is 2.52 bits per heavy atom. The fourth-order valence-corrected chi connectivity index (χ4v) is 4.80. The number of halogens is 1. The third-order valence-electron chi connectivity index (χ3n) is 5.37. The molecule has 1 unspecified atom stereocenters. The number of benzene rings is 2. The molecular formula is C24H16FN3O4S. The third-order valence-corrected chi connectivity index (χ3v) is 6.39. The molecule has 7 nitrogen and oxygen atoms in total. The Labute approximate surface area is 191 Å². The molecule has 0 radical (unpaired) electrons. The van der Waals surface area contributed by atoms with Gasteiger partial charge in [-0.1, -0.05) is 11.3 Å². The molecule has 1 atom stereocenters. The number of methoxy groups -OCH3 is 1. The number of aromatic nitrogens is 2. The summed E-state index contributed by atoms with van der Waals surface area (Å²) < 4.78 is 19.4. The zero-order chi connectivity index (χ0) is 23.1. The molecular weight excluding hydrogens is 445 g/mol. The number of thiazole rings is 1. The summed E-state index contributed by atoms with van der Waals surface area (Å²) in [5.74, 6) is -1.82. The van der Waals surface area contributed by atoms with Crippen LogP contribution < -0.4 is 9.64 Å². The Bertz CT molecular complexity index is 1420. The van der Waals surface area contributed by atoms with Crippen LogP contribution in [0.1, 0.15) is 17.2 Å². The molecule has 0 spiro atoms. The van der Waals surface area contributed by atoms with Crippen LogP contribution in [0.2, 0.25) is 0 Å². The van der Waals surface area contributed by atoms with Gasteiger partial charge >= 0.3 is 5.91 Å². The molecule has 1 saturated heterocycles. The molecule has 1 fully saturated rings. The monoisotopic (exact) mass is 461 g/mol. The van der Waals surface area contributed by atoms with E-state index in [1.165, 1.54) is 42.6 Å². The predicted molar refractivity (Wildman–Crippen MR) is 122 cm³/mol. The quantitative estimate of drug-likeness (QED) is 0.274. The second kappa shape index (κ2) is 8.10. The summed E-state index contributed by atoms with van der Waals surface area (Å²) >= 11 is 1.09. The highest BCUT2D eigenvalue weighted by atomic mass is 32.1. The second-order valence-electron chi connectivity index (χ2n) is 7.29. The number of carbonyl (C=O) groups is 2. The smallest absolute Gasteiger partial charge is 0.301 e. The van der Waals surface area contributed by atoms with Gasteiger partial charge in [-0.05, 0) is 60.2 Å². The molecule has 3 heterocycles. The van der Waals surface area contributed by atoms with Crippen molar-refractivity contribution >= 4 is 44.1 Å². The minimum atomic E-state index is -0.930. The maximum atomic E-state index is 13.7. The van der Waals surface area contributed by atoms with Crippen molar-refractivity contribution in [1.29, 1.82) is 0 Å². The number of hydrogen-bond acceptors (Lipinski definition) is 7. The molecule has 1 N–H and O–H groups in total. The zero-order valence-electron chi connectivity index (χ0n) is 17.2. The third kappa shape index (κ3) is 3.52. The zero-order valence-corrected chi connectivity index (χ0v) is 18.0. The number of fused-ring (bicyclic) bond motifs is 1. The number of aliphatic hydroxyl groups is 1. The molecule has 2 aromatic heterocycles. The molecule has 164 valence electrons. The Hall–Kier alpha value is -4.11. The van der Waals surface area contributed by atoms with E-state index in [0.29, 0.717) is 27.1 Å². The van der Waals surface area contributed by atoms with Gasteiger partial charge in [-0.3, -0.25) is 19.5 Å². The molecule has 0 aliphatic carbocycles. The Morgan fingerprint density at radius 2 is 1.82 bits per heavy atom. The molecule has 1 aliphatic rings. The van der Waals surface area contributed by atoms with Crippen molar-refractivity contribution in [2.24, 2.45) is 0 Å². The van der Waals surface area contributed by atoms with Crippen molar-refractivity contribution in [2.75, 3.05) is 12.0 Å². The van der Waals surface area contributed by atoms with Crippen LogP contribution >= 0.6 is 11.3 Å². The van der Waals surface area contributed by atoms with Gasteiger partial charge in [-0.25, -0.2) is 9.37 Å². The average molecular weight is 461 g/mol. The Morgan fingerprint density at radius 1 is 1.09 bits per heavy atom. The van der Waals surface area contributed by atoms with Crippen molar-refractivity contribution in [3.63, 3.8) is 0 Å². The minimum Gasteiger partial charge on any atom is -0.507 e. The first-order valence-electron chi connectivity index (χ1n) is 9.89. The summed E-state index contributed by atoms with van der Waals surface area (Å²) in [5, 5.41) is 11.3. The van der Waals surface area contributed by atoms with Crippen molar-refractivity contribution in [2.45, 2.75) is 6.04 Å². The first-order valence-corrected chi connectivity index (χ1v) is 10.7. The summed E-state index contributed by atoms with van der Waals surface area (Å²) in [6.45, 7) is 0. The van der Waals surface area contributed by atoms with Gasteiger partial charge in [0.15, 0.2) is 5.13 Å². The Kier molecular flexibility index (Phi) is 5.10. The molecule has 0 bridgehead atoms. The fraction of sp³-hybridized carbons (Fsp3) is 0.0833. The number of hydrogen-bond donors (Lipinski definition) is 1. The van der Waals surface area contributed by atoms with E-state index in [4.69, 9.17) is 4.74 Å². The lowest BCUT2D eigenvalue weighted by molar-refractivity contribution is -0.132. The highest BCUT2D eigenvalue weighted by Gasteiger charge is 2.48. The number of ketones is 1.